The van der Waals surface area contributed by atoms with Gasteiger partial charge >= 0.3 is 5.97 Å². The fourth-order valence-corrected chi connectivity index (χ4v) is 4.12. The lowest BCUT2D eigenvalue weighted by atomic mass is 10.1. The molecule has 0 saturated carbocycles. The van der Waals surface area contributed by atoms with Crippen molar-refractivity contribution in [1.82, 2.24) is 0 Å². The molecule has 3 rings (SSSR count). The second-order valence-electron chi connectivity index (χ2n) is 6.38. The third-order valence-corrected chi connectivity index (χ3v) is 5.43. The van der Waals surface area contributed by atoms with Crippen LogP contribution in [0.15, 0.2) is 54.6 Å². The molecule has 0 aliphatic carbocycles. The van der Waals surface area contributed by atoms with Crippen LogP contribution in [-0.2, 0) is 11.2 Å². The molecular weight excluding hydrogens is 407 g/mol. The number of benzene rings is 2. The number of anilines is 2. The first-order chi connectivity index (χ1) is 14.0. The highest BCUT2D eigenvalue weighted by molar-refractivity contribution is 7.80. The van der Waals surface area contributed by atoms with Crippen molar-refractivity contribution in [2.24, 2.45) is 0 Å². The van der Waals surface area contributed by atoms with Gasteiger partial charge in [-0.25, -0.2) is 9.18 Å². The minimum absolute atomic E-state index is 0.275. The van der Waals surface area contributed by atoms with Crippen LogP contribution in [0.4, 0.5) is 15.1 Å². The van der Waals surface area contributed by atoms with Crippen molar-refractivity contribution in [2.45, 2.75) is 20.3 Å². The van der Waals surface area contributed by atoms with Crippen LogP contribution in [-0.4, -0.2) is 17.7 Å². The average molecular weight is 429 g/mol. The molecule has 4 nitrogen and oxygen atoms in total. The Morgan fingerprint density at radius 3 is 2.62 bits per heavy atom. The van der Waals surface area contributed by atoms with Gasteiger partial charge in [-0.05, 0) is 55.4 Å². The highest BCUT2D eigenvalue weighted by Crippen LogP contribution is 2.31. The summed E-state index contributed by atoms with van der Waals surface area (Å²) in [6.45, 7) is 3.91. The van der Waals surface area contributed by atoms with E-state index < -0.39 is 5.97 Å². The SMILES string of the molecule is CCOC(=O)c1cc(Cc2ccccc2)sc1NC(=S)Nc1cc(F)ccc1C. The first kappa shape index (κ1) is 21.0. The summed E-state index contributed by atoms with van der Waals surface area (Å²) < 4.78 is 18.7. The van der Waals surface area contributed by atoms with Crippen molar-refractivity contribution in [3.63, 3.8) is 0 Å². The number of thiophene rings is 1. The molecule has 0 aliphatic heterocycles. The molecule has 0 saturated heterocycles. The topological polar surface area (TPSA) is 50.4 Å². The summed E-state index contributed by atoms with van der Waals surface area (Å²) in [5, 5.41) is 6.93. The van der Waals surface area contributed by atoms with E-state index >= 15 is 0 Å². The predicted molar refractivity (Wildman–Crippen MR) is 121 cm³/mol. The zero-order chi connectivity index (χ0) is 20.8. The Morgan fingerprint density at radius 1 is 1.14 bits per heavy atom. The van der Waals surface area contributed by atoms with Crippen LogP contribution in [0.3, 0.4) is 0 Å². The van der Waals surface area contributed by atoms with Gasteiger partial charge in [-0.15, -0.1) is 11.3 Å². The molecule has 0 amide bonds. The molecule has 2 N–H and O–H groups in total. The summed E-state index contributed by atoms with van der Waals surface area (Å²) >= 11 is 6.82. The standard InChI is InChI=1S/C22H21FN2O2S2/c1-3-27-21(26)18-13-17(11-15-7-5-4-6-8-15)29-20(18)25-22(28)24-19-12-16(23)10-9-14(19)2/h4-10,12-13H,3,11H2,1-2H3,(H2,24,25,28). The van der Waals surface area contributed by atoms with Crippen molar-refractivity contribution in [1.29, 1.82) is 0 Å². The summed E-state index contributed by atoms with van der Waals surface area (Å²) in [5.41, 5.74) is 3.01. The molecule has 1 aromatic heterocycles. The van der Waals surface area contributed by atoms with E-state index in [0.29, 0.717) is 22.7 Å². The van der Waals surface area contributed by atoms with E-state index in [1.54, 1.807) is 13.0 Å². The molecule has 150 valence electrons. The molecule has 0 bridgehead atoms. The maximum absolute atomic E-state index is 13.5. The normalized spacial score (nSPS) is 10.4. The summed E-state index contributed by atoms with van der Waals surface area (Å²) in [6.07, 6.45) is 0.697. The van der Waals surface area contributed by atoms with Gasteiger partial charge < -0.3 is 15.4 Å². The largest absolute Gasteiger partial charge is 0.462 e. The van der Waals surface area contributed by atoms with Gasteiger partial charge in [0.15, 0.2) is 5.11 Å². The second kappa shape index (κ2) is 9.62. The fourth-order valence-electron chi connectivity index (χ4n) is 2.77. The molecule has 0 spiro atoms. The third-order valence-electron chi connectivity index (χ3n) is 4.17. The number of nitrogens with one attached hydrogen (secondary N) is 2. The first-order valence-corrected chi connectivity index (χ1v) is 10.4. The van der Waals surface area contributed by atoms with Crippen molar-refractivity contribution >= 4 is 45.3 Å². The van der Waals surface area contributed by atoms with Crippen LogP contribution < -0.4 is 10.6 Å². The third kappa shape index (κ3) is 5.62. The fraction of sp³-hybridized carbons (Fsp3) is 0.182. The maximum atomic E-state index is 13.5. The average Bonchev–Trinajstić information content (AvgIpc) is 3.08. The molecule has 29 heavy (non-hydrogen) atoms. The molecule has 2 aromatic carbocycles. The number of hydrogen-bond acceptors (Lipinski definition) is 4. The molecule has 1 heterocycles. The Bertz CT molecular complexity index is 1020. The van der Waals surface area contributed by atoms with Gasteiger partial charge in [0.05, 0.1) is 12.2 Å². The van der Waals surface area contributed by atoms with Crippen molar-refractivity contribution in [3.8, 4) is 0 Å². The number of carbonyl (C=O) groups is 1. The lowest BCUT2D eigenvalue weighted by Gasteiger charge is -2.12. The van der Waals surface area contributed by atoms with Crippen LogP contribution in [0, 0.1) is 12.7 Å². The van der Waals surface area contributed by atoms with Gasteiger partial charge in [0.25, 0.3) is 0 Å². The van der Waals surface area contributed by atoms with Crippen LogP contribution in [0.5, 0.6) is 0 Å². The summed E-state index contributed by atoms with van der Waals surface area (Å²) in [7, 11) is 0. The second-order valence-corrected chi connectivity index (χ2v) is 7.92. The smallest absolute Gasteiger partial charge is 0.341 e. The van der Waals surface area contributed by atoms with E-state index in [2.05, 4.69) is 10.6 Å². The quantitative estimate of drug-likeness (QED) is 0.385. The maximum Gasteiger partial charge on any atom is 0.341 e. The predicted octanol–water partition coefficient (Wildman–Crippen LogP) is 5.77. The first-order valence-electron chi connectivity index (χ1n) is 9.14. The van der Waals surface area contributed by atoms with Crippen LogP contribution >= 0.6 is 23.6 Å². The van der Waals surface area contributed by atoms with Gasteiger partial charge in [-0.3, -0.25) is 0 Å². The molecule has 3 aromatic rings. The van der Waals surface area contributed by atoms with E-state index in [9.17, 15) is 9.18 Å². The van der Waals surface area contributed by atoms with E-state index in [1.807, 2.05) is 43.3 Å². The van der Waals surface area contributed by atoms with Crippen LogP contribution in [0.25, 0.3) is 0 Å². The lowest BCUT2D eigenvalue weighted by molar-refractivity contribution is 0.0528. The Hall–Kier alpha value is -2.77. The Labute approximate surface area is 178 Å². The molecule has 0 atom stereocenters. The summed E-state index contributed by atoms with van der Waals surface area (Å²) in [6, 6.07) is 16.3. The molecular formula is C22H21FN2O2S2. The van der Waals surface area contributed by atoms with E-state index in [4.69, 9.17) is 17.0 Å². The Kier molecular flexibility index (Phi) is 6.95. The Balaban J connectivity index is 1.81. The van der Waals surface area contributed by atoms with Crippen molar-refractivity contribution in [2.75, 3.05) is 17.2 Å². The number of ether oxygens (including phenoxy) is 1. The van der Waals surface area contributed by atoms with Crippen LogP contribution in [0.1, 0.15) is 33.3 Å². The Morgan fingerprint density at radius 2 is 1.90 bits per heavy atom. The van der Waals surface area contributed by atoms with Gasteiger partial charge in [0, 0.05) is 17.0 Å². The minimum atomic E-state index is -0.407. The number of halogens is 1. The molecule has 0 fully saturated rings. The number of thiocarbonyl (C=S) groups is 1. The van der Waals surface area contributed by atoms with E-state index in [-0.39, 0.29) is 17.5 Å². The number of aryl methyl sites for hydroxylation is 1. The lowest BCUT2D eigenvalue weighted by Crippen LogP contribution is -2.20. The van der Waals surface area contributed by atoms with Gasteiger partial charge in [-0.2, -0.15) is 0 Å². The molecule has 0 aliphatic rings. The van der Waals surface area contributed by atoms with Gasteiger partial charge in [0.2, 0.25) is 0 Å². The van der Waals surface area contributed by atoms with Crippen LogP contribution in [0.2, 0.25) is 0 Å². The number of esters is 1. The van der Waals surface area contributed by atoms with Crippen molar-refractivity contribution < 1.29 is 13.9 Å². The van der Waals surface area contributed by atoms with Gasteiger partial charge in [0.1, 0.15) is 10.8 Å². The molecule has 0 radical (unpaired) electrons. The zero-order valence-electron chi connectivity index (χ0n) is 16.1. The summed E-state index contributed by atoms with van der Waals surface area (Å²) in [5.74, 6) is -0.760. The van der Waals surface area contributed by atoms with E-state index in [1.165, 1.54) is 23.5 Å². The van der Waals surface area contributed by atoms with Gasteiger partial charge in [-0.1, -0.05) is 36.4 Å². The van der Waals surface area contributed by atoms with Crippen molar-refractivity contribution in [3.05, 3.63) is 82.0 Å². The minimum Gasteiger partial charge on any atom is -0.462 e. The molecule has 0 unspecified atom stereocenters. The number of carbonyl (C=O) groups excluding carboxylic acids is 1. The zero-order valence-corrected chi connectivity index (χ0v) is 17.8. The number of hydrogen-bond donors (Lipinski definition) is 2. The number of rotatable bonds is 6. The highest BCUT2D eigenvalue weighted by atomic mass is 32.1. The highest BCUT2D eigenvalue weighted by Gasteiger charge is 2.18. The van der Waals surface area contributed by atoms with E-state index in [0.717, 1.165) is 16.0 Å². The summed E-state index contributed by atoms with van der Waals surface area (Å²) in [4.78, 5) is 13.4. The monoisotopic (exact) mass is 428 g/mol. The molecule has 7 heteroatoms.